The van der Waals surface area contributed by atoms with Crippen LogP contribution in [0.2, 0.25) is 0 Å². The molecule has 0 N–H and O–H groups in total. The predicted octanol–water partition coefficient (Wildman–Crippen LogP) is 6.03. The molecule has 0 radical (unpaired) electrons. The molecule has 0 aliphatic carbocycles. The number of halogens is 6. The van der Waals surface area contributed by atoms with Gasteiger partial charge in [0.2, 0.25) is 0 Å². The molecule has 2 atom stereocenters. The highest BCUT2D eigenvalue weighted by molar-refractivity contribution is 5.34. The smallest absolute Gasteiger partial charge is 0.232 e. The first-order chi connectivity index (χ1) is 11.0. The van der Waals surface area contributed by atoms with Gasteiger partial charge in [-0.25, -0.2) is 17.6 Å². The molecule has 2 rings (SSSR count). The summed E-state index contributed by atoms with van der Waals surface area (Å²) in [6, 6.07) is 11.3. The summed E-state index contributed by atoms with van der Waals surface area (Å²) in [5.74, 6) is -9.57. The molecule has 0 nitrogen and oxygen atoms in total. The Balaban J connectivity index is 2.70. The van der Waals surface area contributed by atoms with E-state index in [2.05, 4.69) is 0 Å². The molecule has 0 saturated heterocycles. The Kier molecular flexibility index (Phi) is 4.46. The molecule has 130 valence electrons. The fourth-order valence-electron chi connectivity index (χ4n) is 2.63. The average Bonchev–Trinajstić information content (AvgIpc) is 2.54. The monoisotopic (exact) mass is 346 g/mol. The second-order valence-corrected chi connectivity index (χ2v) is 5.86. The van der Waals surface area contributed by atoms with Gasteiger partial charge >= 0.3 is 5.92 Å². The van der Waals surface area contributed by atoms with Crippen molar-refractivity contribution in [2.24, 2.45) is 0 Å². The van der Waals surface area contributed by atoms with Gasteiger partial charge < -0.3 is 0 Å². The molecule has 0 amide bonds. The Morgan fingerprint density at radius 1 is 0.583 bits per heavy atom. The SMILES string of the molecule is CC(F)(F)C(F)(c1ccccc1)C(F)(F)C(C)(F)c1ccccc1. The molecule has 2 aromatic carbocycles. The van der Waals surface area contributed by atoms with Crippen LogP contribution in [0.15, 0.2) is 60.7 Å². The molecule has 24 heavy (non-hydrogen) atoms. The molecule has 2 aromatic rings. The number of rotatable bonds is 5. The van der Waals surface area contributed by atoms with Crippen LogP contribution in [-0.4, -0.2) is 11.8 Å². The lowest BCUT2D eigenvalue weighted by molar-refractivity contribution is -0.294. The number of alkyl halides is 6. The summed E-state index contributed by atoms with van der Waals surface area (Å²) >= 11 is 0. The highest BCUT2D eigenvalue weighted by atomic mass is 19.3. The fraction of sp³-hybridized carbons (Fsp3) is 0.333. The van der Waals surface area contributed by atoms with Gasteiger partial charge in [0.1, 0.15) is 0 Å². The molecule has 0 saturated carbocycles. The predicted molar refractivity (Wildman–Crippen MR) is 79.7 cm³/mol. The summed E-state index contributed by atoms with van der Waals surface area (Å²) in [4.78, 5) is 0. The summed E-state index contributed by atoms with van der Waals surface area (Å²) in [6.07, 6.45) is 0. The van der Waals surface area contributed by atoms with E-state index in [1.54, 1.807) is 0 Å². The minimum absolute atomic E-state index is 0.0228. The van der Waals surface area contributed by atoms with Crippen LogP contribution in [-0.2, 0) is 11.3 Å². The summed E-state index contributed by atoms with van der Waals surface area (Å²) in [7, 11) is 0. The molecule has 0 bridgehead atoms. The summed E-state index contributed by atoms with van der Waals surface area (Å²) < 4.78 is 88.0. The van der Waals surface area contributed by atoms with Crippen molar-refractivity contribution in [2.45, 2.75) is 37.0 Å². The van der Waals surface area contributed by atoms with Gasteiger partial charge in [0.05, 0.1) is 0 Å². The Morgan fingerprint density at radius 2 is 0.958 bits per heavy atom. The standard InChI is InChI=1S/C18H16F6/c1-15(19,13-9-5-3-6-10-13)18(23,24)17(22,16(2,20)21)14-11-7-4-8-12-14/h3-12H,1-2H3. The Morgan fingerprint density at radius 3 is 1.33 bits per heavy atom. The molecule has 0 spiro atoms. The Bertz CT molecular complexity index is 676. The molecular formula is C18H16F6. The van der Waals surface area contributed by atoms with Crippen LogP contribution in [0.1, 0.15) is 25.0 Å². The minimum Gasteiger partial charge on any atom is -0.232 e. The van der Waals surface area contributed by atoms with Crippen molar-refractivity contribution >= 4 is 0 Å². The van der Waals surface area contributed by atoms with E-state index < -0.39 is 34.3 Å². The van der Waals surface area contributed by atoms with E-state index in [1.807, 2.05) is 0 Å². The Labute approximate surface area is 136 Å². The van der Waals surface area contributed by atoms with Crippen LogP contribution in [0.25, 0.3) is 0 Å². The van der Waals surface area contributed by atoms with Crippen molar-refractivity contribution < 1.29 is 26.3 Å². The lowest BCUT2D eigenvalue weighted by Gasteiger charge is -2.43. The molecule has 0 heterocycles. The van der Waals surface area contributed by atoms with Crippen molar-refractivity contribution in [3.8, 4) is 0 Å². The zero-order valence-corrected chi connectivity index (χ0v) is 13.0. The zero-order chi connectivity index (χ0) is 18.2. The third-order valence-electron chi connectivity index (χ3n) is 4.11. The van der Waals surface area contributed by atoms with E-state index >= 15 is 4.39 Å². The topological polar surface area (TPSA) is 0 Å². The van der Waals surface area contributed by atoms with Gasteiger partial charge in [0.25, 0.3) is 11.6 Å². The highest BCUT2D eigenvalue weighted by Gasteiger charge is 2.75. The third-order valence-corrected chi connectivity index (χ3v) is 4.11. The first-order valence-corrected chi connectivity index (χ1v) is 7.21. The van der Waals surface area contributed by atoms with Gasteiger partial charge in [0, 0.05) is 12.5 Å². The molecule has 0 aliphatic rings. The quantitative estimate of drug-likeness (QED) is 0.580. The number of hydrogen-bond donors (Lipinski definition) is 0. The van der Waals surface area contributed by atoms with Crippen molar-refractivity contribution in [3.63, 3.8) is 0 Å². The van der Waals surface area contributed by atoms with Crippen LogP contribution in [0.5, 0.6) is 0 Å². The third kappa shape index (κ3) is 2.58. The maximum atomic E-state index is 15.3. The molecule has 2 unspecified atom stereocenters. The van der Waals surface area contributed by atoms with Gasteiger partial charge in [-0.05, 0) is 12.5 Å². The molecule has 6 heteroatoms. The maximum Gasteiger partial charge on any atom is 0.328 e. The van der Waals surface area contributed by atoms with E-state index in [4.69, 9.17) is 0 Å². The van der Waals surface area contributed by atoms with E-state index in [1.165, 1.54) is 24.3 Å². The first-order valence-electron chi connectivity index (χ1n) is 7.21. The van der Waals surface area contributed by atoms with Crippen LogP contribution >= 0.6 is 0 Å². The summed E-state index contributed by atoms with van der Waals surface area (Å²) in [5, 5.41) is 0. The number of hydrogen-bond acceptors (Lipinski definition) is 0. The lowest BCUT2D eigenvalue weighted by atomic mass is 9.75. The zero-order valence-electron chi connectivity index (χ0n) is 13.0. The molecule has 0 fully saturated rings. The largest absolute Gasteiger partial charge is 0.328 e. The van der Waals surface area contributed by atoms with Gasteiger partial charge in [0.15, 0.2) is 5.67 Å². The van der Waals surface area contributed by atoms with Gasteiger partial charge in [-0.2, -0.15) is 8.78 Å². The van der Waals surface area contributed by atoms with Crippen molar-refractivity contribution in [1.82, 2.24) is 0 Å². The Hall–Kier alpha value is -1.98. The van der Waals surface area contributed by atoms with E-state index in [-0.39, 0.29) is 6.92 Å². The first kappa shape index (κ1) is 18.4. The second-order valence-electron chi connectivity index (χ2n) is 5.86. The number of benzene rings is 2. The second kappa shape index (κ2) is 5.83. The maximum absolute atomic E-state index is 15.3. The fourth-order valence-corrected chi connectivity index (χ4v) is 2.63. The van der Waals surface area contributed by atoms with Crippen LogP contribution in [0, 0.1) is 0 Å². The van der Waals surface area contributed by atoms with Crippen molar-refractivity contribution in [3.05, 3.63) is 71.8 Å². The average molecular weight is 346 g/mol. The molecule has 0 aliphatic heterocycles. The summed E-state index contributed by atoms with van der Waals surface area (Å²) in [5.41, 5.74) is -9.75. The highest BCUT2D eigenvalue weighted by Crippen LogP contribution is 2.59. The molecular weight excluding hydrogens is 330 g/mol. The normalized spacial score (nSPS) is 17.8. The van der Waals surface area contributed by atoms with Crippen molar-refractivity contribution in [2.75, 3.05) is 0 Å². The lowest BCUT2D eigenvalue weighted by Crippen LogP contribution is -2.60. The van der Waals surface area contributed by atoms with Gasteiger partial charge in [-0.1, -0.05) is 60.7 Å². The van der Waals surface area contributed by atoms with Crippen LogP contribution < -0.4 is 0 Å². The summed E-state index contributed by atoms with van der Waals surface area (Å²) in [6.45, 7) is 0.431. The van der Waals surface area contributed by atoms with E-state index in [0.29, 0.717) is 6.92 Å². The van der Waals surface area contributed by atoms with Crippen LogP contribution in [0.4, 0.5) is 26.3 Å². The van der Waals surface area contributed by atoms with E-state index in [0.717, 1.165) is 36.4 Å². The van der Waals surface area contributed by atoms with Crippen molar-refractivity contribution in [1.29, 1.82) is 0 Å². The minimum atomic E-state index is -5.04. The van der Waals surface area contributed by atoms with E-state index in [9.17, 15) is 22.0 Å². The molecule has 0 aromatic heterocycles. The van der Waals surface area contributed by atoms with Crippen LogP contribution in [0.3, 0.4) is 0 Å². The van der Waals surface area contributed by atoms with Gasteiger partial charge in [-0.3, -0.25) is 0 Å². The van der Waals surface area contributed by atoms with Gasteiger partial charge in [-0.15, -0.1) is 0 Å².